The molecule has 0 aliphatic carbocycles. The molecule has 0 saturated heterocycles. The molecule has 0 radical (unpaired) electrons. The van der Waals surface area contributed by atoms with Crippen molar-refractivity contribution in [3.63, 3.8) is 0 Å². The van der Waals surface area contributed by atoms with Crippen molar-refractivity contribution in [2.75, 3.05) is 12.4 Å². The number of hydrazone groups is 1. The minimum Gasteiger partial charge on any atom is -0.497 e. The molecule has 0 bridgehead atoms. The summed E-state index contributed by atoms with van der Waals surface area (Å²) in [6, 6.07) is 11.1. The number of methoxy groups -OCH3 is 1. The SMILES string of the molecule is COc1cccc(NC(=O)CC(=O)N2N=C(C)[C@H](N=Nc3ccc(C(=O)O)cc3)C2=O)c1. The molecule has 2 N–H and O–H groups in total. The van der Waals surface area contributed by atoms with Gasteiger partial charge in [-0.3, -0.25) is 14.4 Å². The highest BCUT2D eigenvalue weighted by molar-refractivity contribution is 6.18. The van der Waals surface area contributed by atoms with Crippen LogP contribution in [-0.2, 0) is 14.4 Å². The summed E-state index contributed by atoms with van der Waals surface area (Å²) in [6.45, 7) is 1.51. The van der Waals surface area contributed by atoms with E-state index >= 15 is 0 Å². The molecule has 3 rings (SSSR count). The predicted molar refractivity (Wildman–Crippen MR) is 113 cm³/mol. The number of carbonyl (C=O) groups is 4. The van der Waals surface area contributed by atoms with Crippen LogP contribution in [-0.4, -0.2) is 52.7 Å². The van der Waals surface area contributed by atoms with Crippen molar-refractivity contribution >= 4 is 40.8 Å². The lowest BCUT2D eigenvalue weighted by Crippen LogP contribution is -2.36. The molecule has 1 aliphatic rings. The van der Waals surface area contributed by atoms with E-state index in [1.165, 1.54) is 38.3 Å². The van der Waals surface area contributed by atoms with Gasteiger partial charge in [0.1, 0.15) is 12.2 Å². The molecule has 2 aromatic carbocycles. The molecule has 0 fully saturated rings. The van der Waals surface area contributed by atoms with Crippen LogP contribution in [0, 0.1) is 0 Å². The summed E-state index contributed by atoms with van der Waals surface area (Å²) in [4.78, 5) is 48.1. The average molecular weight is 437 g/mol. The topological polar surface area (TPSA) is 150 Å². The molecule has 11 heteroatoms. The summed E-state index contributed by atoms with van der Waals surface area (Å²) in [7, 11) is 1.49. The van der Waals surface area contributed by atoms with Gasteiger partial charge in [-0.2, -0.15) is 20.3 Å². The van der Waals surface area contributed by atoms with Crippen LogP contribution in [0.2, 0.25) is 0 Å². The Morgan fingerprint density at radius 1 is 1.19 bits per heavy atom. The lowest BCUT2D eigenvalue weighted by molar-refractivity contribution is -0.144. The number of carboxylic acid groups (broad SMARTS) is 1. The first kappa shape index (κ1) is 22.3. The summed E-state index contributed by atoms with van der Waals surface area (Å²) >= 11 is 0. The summed E-state index contributed by atoms with van der Waals surface area (Å²) in [5, 5.41) is 23.8. The predicted octanol–water partition coefficient (Wildman–Crippen LogP) is 2.62. The fourth-order valence-electron chi connectivity index (χ4n) is 2.78. The van der Waals surface area contributed by atoms with Gasteiger partial charge in [-0.05, 0) is 43.3 Å². The van der Waals surface area contributed by atoms with E-state index in [9.17, 15) is 19.2 Å². The van der Waals surface area contributed by atoms with Crippen LogP contribution in [0.1, 0.15) is 23.7 Å². The van der Waals surface area contributed by atoms with E-state index in [2.05, 4.69) is 20.6 Å². The zero-order valence-corrected chi connectivity index (χ0v) is 17.2. The smallest absolute Gasteiger partial charge is 0.335 e. The number of ether oxygens (including phenoxy) is 1. The van der Waals surface area contributed by atoms with E-state index in [0.29, 0.717) is 22.1 Å². The molecule has 0 saturated carbocycles. The number of nitrogens with zero attached hydrogens (tertiary/aromatic N) is 4. The van der Waals surface area contributed by atoms with Crippen LogP contribution in [0.3, 0.4) is 0 Å². The number of imide groups is 1. The molecule has 11 nitrogen and oxygen atoms in total. The second-order valence-corrected chi connectivity index (χ2v) is 6.71. The second kappa shape index (κ2) is 9.60. The highest BCUT2D eigenvalue weighted by Gasteiger charge is 2.38. The Bertz CT molecular complexity index is 1130. The Kier molecular flexibility index (Phi) is 6.68. The van der Waals surface area contributed by atoms with Gasteiger partial charge in [0, 0.05) is 11.8 Å². The van der Waals surface area contributed by atoms with Crippen molar-refractivity contribution in [2.45, 2.75) is 19.4 Å². The summed E-state index contributed by atoms with van der Waals surface area (Å²) < 4.78 is 5.07. The van der Waals surface area contributed by atoms with Crippen molar-refractivity contribution in [3.05, 3.63) is 54.1 Å². The number of nitrogens with one attached hydrogen (secondary N) is 1. The minimum atomic E-state index is -1.11. The van der Waals surface area contributed by atoms with Gasteiger partial charge in [0.05, 0.1) is 24.1 Å². The van der Waals surface area contributed by atoms with Gasteiger partial charge in [0.25, 0.3) is 11.8 Å². The molecule has 1 atom stereocenters. The second-order valence-electron chi connectivity index (χ2n) is 6.71. The Morgan fingerprint density at radius 3 is 2.56 bits per heavy atom. The molecule has 164 valence electrons. The molecule has 3 amide bonds. The monoisotopic (exact) mass is 437 g/mol. The maximum absolute atomic E-state index is 12.6. The first-order chi connectivity index (χ1) is 15.3. The zero-order chi connectivity index (χ0) is 23.3. The van der Waals surface area contributed by atoms with E-state index in [4.69, 9.17) is 9.84 Å². The van der Waals surface area contributed by atoms with Crippen molar-refractivity contribution in [3.8, 4) is 5.75 Å². The standard InChI is InChI=1S/C21H19N5O6/c1-12-19(24-23-14-8-6-13(7-9-14)21(30)31)20(29)26(25-12)18(28)11-17(27)22-15-4-3-5-16(10-15)32-2/h3-10,19H,11H2,1-2H3,(H,22,27)(H,30,31)/t19-/m0/s1. The van der Waals surface area contributed by atoms with Crippen molar-refractivity contribution < 1.29 is 29.0 Å². The van der Waals surface area contributed by atoms with Crippen LogP contribution in [0.4, 0.5) is 11.4 Å². The molecule has 32 heavy (non-hydrogen) atoms. The van der Waals surface area contributed by atoms with Crippen molar-refractivity contribution in [1.82, 2.24) is 5.01 Å². The number of rotatable bonds is 7. The maximum atomic E-state index is 12.6. The van der Waals surface area contributed by atoms with Gasteiger partial charge < -0.3 is 15.2 Å². The van der Waals surface area contributed by atoms with Crippen LogP contribution < -0.4 is 10.1 Å². The Morgan fingerprint density at radius 2 is 1.91 bits per heavy atom. The molecule has 0 unspecified atom stereocenters. The molecular weight excluding hydrogens is 418 g/mol. The van der Waals surface area contributed by atoms with E-state index in [1.807, 2.05) is 0 Å². The number of benzene rings is 2. The van der Waals surface area contributed by atoms with Gasteiger partial charge in [-0.15, -0.1) is 0 Å². The number of amides is 3. The first-order valence-corrected chi connectivity index (χ1v) is 9.38. The first-order valence-electron chi connectivity index (χ1n) is 9.38. The van der Waals surface area contributed by atoms with E-state index in [-0.39, 0.29) is 11.3 Å². The number of hydrogen-bond acceptors (Lipinski definition) is 8. The number of azo groups is 1. The van der Waals surface area contributed by atoms with Gasteiger partial charge in [0.15, 0.2) is 6.04 Å². The van der Waals surface area contributed by atoms with E-state index < -0.39 is 36.2 Å². The Hall–Kier alpha value is -4.41. The molecular formula is C21H19N5O6. The fraction of sp³-hybridized carbons (Fsp3) is 0.190. The molecule has 2 aromatic rings. The average Bonchev–Trinajstić information content (AvgIpc) is 3.06. The number of carboxylic acids is 1. The third-order valence-corrected chi connectivity index (χ3v) is 4.40. The quantitative estimate of drug-likeness (QED) is 0.502. The third kappa shape index (κ3) is 5.19. The van der Waals surface area contributed by atoms with Gasteiger partial charge >= 0.3 is 5.97 Å². The molecule has 0 spiro atoms. The van der Waals surface area contributed by atoms with Crippen LogP contribution >= 0.6 is 0 Å². The summed E-state index contributed by atoms with van der Waals surface area (Å²) in [5.74, 6) is -2.69. The van der Waals surface area contributed by atoms with Crippen molar-refractivity contribution in [1.29, 1.82) is 0 Å². The number of carbonyl (C=O) groups excluding carboxylic acids is 3. The van der Waals surface area contributed by atoms with E-state index in [1.54, 1.807) is 24.3 Å². The van der Waals surface area contributed by atoms with Crippen LogP contribution in [0.5, 0.6) is 5.75 Å². The third-order valence-electron chi connectivity index (χ3n) is 4.40. The van der Waals surface area contributed by atoms with E-state index in [0.717, 1.165) is 0 Å². The van der Waals surface area contributed by atoms with Gasteiger partial charge in [-0.1, -0.05) is 6.07 Å². The highest BCUT2D eigenvalue weighted by Crippen LogP contribution is 2.20. The summed E-state index contributed by atoms with van der Waals surface area (Å²) in [6.07, 6.45) is -0.597. The largest absolute Gasteiger partial charge is 0.497 e. The lowest BCUT2D eigenvalue weighted by Gasteiger charge is -2.11. The fourth-order valence-corrected chi connectivity index (χ4v) is 2.78. The summed E-state index contributed by atoms with van der Waals surface area (Å²) in [5.41, 5.74) is 1.10. The normalized spacial score (nSPS) is 15.6. The van der Waals surface area contributed by atoms with Gasteiger partial charge in [-0.25, -0.2) is 4.79 Å². The van der Waals surface area contributed by atoms with Crippen LogP contribution in [0.15, 0.2) is 63.9 Å². The number of aromatic carboxylic acids is 1. The Labute approximate surface area is 182 Å². The maximum Gasteiger partial charge on any atom is 0.335 e. The minimum absolute atomic E-state index is 0.0858. The van der Waals surface area contributed by atoms with Crippen molar-refractivity contribution in [2.24, 2.45) is 15.3 Å². The zero-order valence-electron chi connectivity index (χ0n) is 17.2. The van der Waals surface area contributed by atoms with Crippen LogP contribution in [0.25, 0.3) is 0 Å². The number of anilines is 1. The Balaban J connectivity index is 1.61. The molecule has 1 heterocycles. The number of hydrogen-bond donors (Lipinski definition) is 2. The molecule has 1 aliphatic heterocycles. The molecule has 0 aromatic heterocycles. The lowest BCUT2D eigenvalue weighted by atomic mass is 10.2. The highest BCUT2D eigenvalue weighted by atomic mass is 16.5. The van der Waals surface area contributed by atoms with Gasteiger partial charge in [0.2, 0.25) is 5.91 Å².